The average molecular weight is 401 g/mol. The van der Waals surface area contributed by atoms with E-state index in [1.807, 2.05) is 54.7 Å². The fourth-order valence-corrected chi connectivity index (χ4v) is 3.89. The zero-order valence-corrected chi connectivity index (χ0v) is 17.3. The third-order valence-electron chi connectivity index (χ3n) is 4.16. The molecule has 0 aliphatic rings. The molecule has 0 fully saturated rings. The van der Waals surface area contributed by atoms with Gasteiger partial charge in [-0.05, 0) is 45.6 Å². The molecule has 0 aliphatic carbocycles. The van der Waals surface area contributed by atoms with Gasteiger partial charge in [-0.1, -0.05) is 13.0 Å². The second-order valence-electron chi connectivity index (χ2n) is 6.56. The van der Waals surface area contributed by atoms with Crippen LogP contribution in [0.3, 0.4) is 0 Å². The number of aromatic nitrogens is 2. The Labute approximate surface area is 167 Å². The lowest BCUT2D eigenvalue weighted by Crippen LogP contribution is -2.19. The van der Waals surface area contributed by atoms with Gasteiger partial charge in [-0.3, -0.25) is 4.79 Å². The molecule has 7 nitrogen and oxygen atoms in total. The molecule has 3 heterocycles. The van der Waals surface area contributed by atoms with Gasteiger partial charge < -0.3 is 19.4 Å². The minimum Gasteiger partial charge on any atom is -0.462 e. The summed E-state index contributed by atoms with van der Waals surface area (Å²) in [6.07, 6.45) is 2.66. The van der Waals surface area contributed by atoms with E-state index in [1.165, 1.54) is 11.3 Å². The first-order chi connectivity index (χ1) is 13.4. The lowest BCUT2D eigenvalue weighted by Gasteiger charge is -2.11. The van der Waals surface area contributed by atoms with Crippen LogP contribution in [0.2, 0.25) is 0 Å². The number of fused-ring (bicyclic) bond motifs is 1. The van der Waals surface area contributed by atoms with Crippen molar-refractivity contribution >= 4 is 33.9 Å². The number of pyridine rings is 1. The molecular formula is C20H24N4O3S. The second kappa shape index (κ2) is 8.53. The summed E-state index contributed by atoms with van der Waals surface area (Å²) in [7, 11) is 3.88. The number of hydrogen-bond donors (Lipinski definition) is 1. The molecule has 0 saturated carbocycles. The van der Waals surface area contributed by atoms with E-state index in [0.717, 1.165) is 17.0 Å². The summed E-state index contributed by atoms with van der Waals surface area (Å²) in [5, 5.41) is 3.37. The Hall–Kier alpha value is -2.71. The van der Waals surface area contributed by atoms with Gasteiger partial charge >= 0.3 is 5.97 Å². The largest absolute Gasteiger partial charge is 0.462 e. The number of nitrogens with zero attached hydrogens (tertiary/aromatic N) is 3. The highest BCUT2D eigenvalue weighted by Gasteiger charge is 2.23. The molecule has 28 heavy (non-hydrogen) atoms. The average Bonchev–Trinajstić information content (AvgIpc) is 3.23. The van der Waals surface area contributed by atoms with Gasteiger partial charge in [0.1, 0.15) is 10.6 Å². The van der Waals surface area contributed by atoms with Gasteiger partial charge in [-0.25, -0.2) is 9.78 Å². The molecule has 8 heteroatoms. The number of amides is 1. The van der Waals surface area contributed by atoms with Crippen molar-refractivity contribution in [2.45, 2.75) is 26.8 Å². The highest BCUT2D eigenvalue weighted by molar-refractivity contribution is 7.16. The number of anilines is 1. The summed E-state index contributed by atoms with van der Waals surface area (Å²) in [6.45, 7) is 4.60. The van der Waals surface area contributed by atoms with Crippen molar-refractivity contribution in [3.8, 4) is 0 Å². The van der Waals surface area contributed by atoms with Gasteiger partial charge in [0.15, 0.2) is 5.69 Å². The number of esters is 1. The molecule has 0 spiro atoms. The number of hydrogen-bond acceptors (Lipinski definition) is 6. The highest BCUT2D eigenvalue weighted by atomic mass is 32.1. The highest BCUT2D eigenvalue weighted by Crippen LogP contribution is 2.30. The molecule has 0 radical (unpaired) electrons. The van der Waals surface area contributed by atoms with E-state index in [1.54, 1.807) is 13.0 Å². The molecule has 1 amide bonds. The molecule has 3 rings (SSSR count). The van der Waals surface area contributed by atoms with Crippen LogP contribution in [0.1, 0.15) is 45.3 Å². The minimum atomic E-state index is -0.433. The van der Waals surface area contributed by atoms with E-state index < -0.39 is 5.97 Å². The first-order valence-electron chi connectivity index (χ1n) is 9.16. The van der Waals surface area contributed by atoms with E-state index in [4.69, 9.17) is 4.74 Å². The van der Waals surface area contributed by atoms with Crippen LogP contribution < -0.4 is 5.32 Å². The fourth-order valence-electron chi connectivity index (χ4n) is 2.91. The molecule has 0 bridgehead atoms. The quantitative estimate of drug-likeness (QED) is 0.615. The number of thiophene rings is 1. The standard InChI is InChI=1S/C20H24N4O3S/c1-5-13-11-14(20(26)27-6-2)19(28-13)22-18(25)17-15(12-23(3)4)24-10-8-7-9-16(24)21-17/h7-11H,5-6,12H2,1-4H3,(H,22,25). The predicted molar refractivity (Wildman–Crippen MR) is 110 cm³/mol. The van der Waals surface area contributed by atoms with Crippen molar-refractivity contribution in [3.63, 3.8) is 0 Å². The third-order valence-corrected chi connectivity index (χ3v) is 5.36. The van der Waals surface area contributed by atoms with Gasteiger partial charge in [0.25, 0.3) is 5.91 Å². The SMILES string of the molecule is CCOC(=O)c1cc(CC)sc1NC(=O)c1nc2ccccn2c1CN(C)C. The summed E-state index contributed by atoms with van der Waals surface area (Å²) in [4.78, 5) is 32.8. The van der Waals surface area contributed by atoms with Gasteiger partial charge in [-0.2, -0.15) is 0 Å². The molecule has 1 N–H and O–H groups in total. The van der Waals surface area contributed by atoms with Crippen LogP contribution in [0, 0.1) is 0 Å². The van der Waals surface area contributed by atoms with Crippen molar-refractivity contribution < 1.29 is 14.3 Å². The molecule has 148 valence electrons. The maximum atomic E-state index is 13.1. The van der Waals surface area contributed by atoms with Crippen molar-refractivity contribution in [1.29, 1.82) is 0 Å². The van der Waals surface area contributed by atoms with Gasteiger partial charge in [0, 0.05) is 17.6 Å². The van der Waals surface area contributed by atoms with E-state index >= 15 is 0 Å². The lowest BCUT2D eigenvalue weighted by atomic mass is 10.2. The third kappa shape index (κ3) is 4.07. The minimum absolute atomic E-state index is 0.281. The molecule has 3 aromatic rings. The molecule has 0 aromatic carbocycles. The summed E-state index contributed by atoms with van der Waals surface area (Å²) in [6, 6.07) is 7.43. The lowest BCUT2D eigenvalue weighted by molar-refractivity contribution is 0.0528. The van der Waals surface area contributed by atoms with Crippen LogP contribution in [0.25, 0.3) is 5.65 Å². The Morgan fingerprint density at radius 1 is 1.29 bits per heavy atom. The number of nitrogens with one attached hydrogen (secondary N) is 1. The molecule has 0 aliphatic heterocycles. The summed E-state index contributed by atoms with van der Waals surface area (Å²) >= 11 is 1.39. The maximum Gasteiger partial charge on any atom is 0.341 e. The van der Waals surface area contributed by atoms with Gasteiger partial charge in [-0.15, -0.1) is 11.3 Å². The Balaban J connectivity index is 1.98. The van der Waals surface area contributed by atoms with E-state index in [-0.39, 0.29) is 12.5 Å². The summed E-state index contributed by atoms with van der Waals surface area (Å²) < 4.78 is 7.04. The van der Waals surface area contributed by atoms with Crippen molar-refractivity contribution in [2.75, 3.05) is 26.0 Å². The summed E-state index contributed by atoms with van der Waals surface area (Å²) in [5.41, 5.74) is 2.23. The topological polar surface area (TPSA) is 75.9 Å². The number of rotatable bonds is 7. The Morgan fingerprint density at radius 3 is 2.75 bits per heavy atom. The van der Waals surface area contributed by atoms with Crippen LogP contribution in [0.5, 0.6) is 0 Å². The van der Waals surface area contributed by atoms with Crippen LogP contribution in [-0.2, 0) is 17.7 Å². The van der Waals surface area contributed by atoms with E-state index in [9.17, 15) is 9.59 Å². The zero-order chi connectivity index (χ0) is 20.3. The molecular weight excluding hydrogens is 376 g/mol. The first kappa shape index (κ1) is 20.0. The number of aryl methyl sites for hydroxylation is 1. The molecule has 3 aromatic heterocycles. The van der Waals surface area contributed by atoms with E-state index in [2.05, 4.69) is 10.3 Å². The van der Waals surface area contributed by atoms with Crippen LogP contribution in [0.4, 0.5) is 5.00 Å². The van der Waals surface area contributed by atoms with Crippen LogP contribution in [0.15, 0.2) is 30.5 Å². The maximum absolute atomic E-state index is 13.1. The van der Waals surface area contributed by atoms with Crippen molar-refractivity contribution in [2.24, 2.45) is 0 Å². The fraction of sp³-hybridized carbons (Fsp3) is 0.350. The van der Waals surface area contributed by atoms with Crippen molar-refractivity contribution in [3.05, 3.63) is 52.3 Å². The molecule has 0 unspecified atom stereocenters. The zero-order valence-electron chi connectivity index (χ0n) is 16.5. The monoisotopic (exact) mass is 400 g/mol. The van der Waals surface area contributed by atoms with Gasteiger partial charge in [0.2, 0.25) is 0 Å². The number of ether oxygens (including phenoxy) is 1. The van der Waals surface area contributed by atoms with Crippen molar-refractivity contribution in [1.82, 2.24) is 14.3 Å². The molecule has 0 saturated heterocycles. The normalized spacial score (nSPS) is 11.2. The van der Waals surface area contributed by atoms with E-state index in [0.29, 0.717) is 28.5 Å². The molecule has 0 atom stereocenters. The van der Waals surface area contributed by atoms with Crippen LogP contribution >= 0.6 is 11.3 Å². The van der Waals surface area contributed by atoms with Crippen LogP contribution in [-0.4, -0.2) is 46.9 Å². The summed E-state index contributed by atoms with van der Waals surface area (Å²) in [5.74, 6) is -0.770. The number of imidazole rings is 1. The Morgan fingerprint density at radius 2 is 2.07 bits per heavy atom. The first-order valence-corrected chi connectivity index (χ1v) is 9.98. The smallest absolute Gasteiger partial charge is 0.341 e. The Bertz CT molecular complexity index is 1010. The number of carbonyl (C=O) groups is 2. The second-order valence-corrected chi connectivity index (χ2v) is 7.69. The number of carbonyl (C=O) groups excluding carboxylic acids is 2. The predicted octanol–water partition coefficient (Wildman–Crippen LogP) is 3.45. The van der Waals surface area contributed by atoms with Gasteiger partial charge in [0.05, 0.1) is 17.9 Å². The Kier molecular flexibility index (Phi) is 6.11.